The minimum absolute atomic E-state index is 0.529. The van der Waals surface area contributed by atoms with E-state index in [9.17, 15) is 0 Å². The van der Waals surface area contributed by atoms with Gasteiger partial charge in [-0.1, -0.05) is 6.92 Å². The van der Waals surface area contributed by atoms with Crippen molar-refractivity contribution in [1.29, 1.82) is 0 Å². The van der Waals surface area contributed by atoms with Crippen LogP contribution in [0.15, 0.2) is 24.5 Å². The van der Waals surface area contributed by atoms with Crippen molar-refractivity contribution < 1.29 is 0 Å². The van der Waals surface area contributed by atoms with E-state index in [1.54, 1.807) is 4.68 Å². The molecule has 0 aliphatic heterocycles. The first-order valence-corrected chi connectivity index (χ1v) is 6.21. The summed E-state index contributed by atoms with van der Waals surface area (Å²) in [7, 11) is 0. The number of hydrogen-bond acceptors (Lipinski definition) is 3. The lowest BCUT2D eigenvalue weighted by molar-refractivity contribution is 0.825. The van der Waals surface area contributed by atoms with Crippen molar-refractivity contribution >= 4 is 22.6 Å². The molecular weight excluding hydrogens is 315 g/mol. The second-order valence-corrected chi connectivity index (χ2v) is 4.73. The number of rotatable bonds is 3. The fourth-order valence-electron chi connectivity index (χ4n) is 1.48. The molecule has 2 aromatic heterocycles. The van der Waals surface area contributed by atoms with Gasteiger partial charge in [-0.05, 0) is 46.7 Å². The van der Waals surface area contributed by atoms with Crippen LogP contribution in [0, 0.1) is 3.57 Å². The molecule has 4 nitrogen and oxygen atoms in total. The van der Waals surface area contributed by atoms with Crippen LogP contribution in [-0.2, 0) is 13.0 Å². The van der Waals surface area contributed by atoms with E-state index in [1.165, 1.54) is 0 Å². The molecule has 16 heavy (non-hydrogen) atoms. The molecule has 5 heteroatoms. The molecular formula is C11H13IN4. The van der Waals surface area contributed by atoms with Crippen LogP contribution in [-0.4, -0.2) is 14.8 Å². The monoisotopic (exact) mass is 328 g/mol. The Morgan fingerprint density at radius 2 is 2.25 bits per heavy atom. The molecule has 0 aromatic carbocycles. The van der Waals surface area contributed by atoms with E-state index >= 15 is 0 Å². The highest BCUT2D eigenvalue weighted by Crippen LogP contribution is 2.12. The Morgan fingerprint density at radius 3 is 2.81 bits per heavy atom. The predicted octanol–water partition coefficient (Wildman–Crippen LogP) is 1.89. The Kier molecular flexibility index (Phi) is 3.55. The van der Waals surface area contributed by atoms with E-state index in [0.717, 1.165) is 27.1 Å². The van der Waals surface area contributed by atoms with Crippen molar-refractivity contribution in [3.05, 3.63) is 39.4 Å². The molecule has 2 rings (SSSR count). The topological polar surface area (TPSA) is 56.7 Å². The Bertz CT molecular complexity index is 470. The molecule has 0 unspecified atom stereocenters. The smallest absolute Gasteiger partial charge is 0.153 e. The zero-order valence-electron chi connectivity index (χ0n) is 9.02. The maximum absolute atomic E-state index is 5.67. The molecule has 0 aliphatic carbocycles. The molecule has 2 heterocycles. The Hall–Kier alpha value is -0.950. The molecule has 0 bridgehead atoms. The third-order valence-corrected chi connectivity index (χ3v) is 2.87. The van der Waals surface area contributed by atoms with Crippen LogP contribution < -0.4 is 5.73 Å². The van der Waals surface area contributed by atoms with E-state index in [2.05, 4.69) is 39.6 Å². The third-order valence-electron chi connectivity index (χ3n) is 2.31. The molecule has 2 N–H and O–H groups in total. The van der Waals surface area contributed by atoms with E-state index in [-0.39, 0.29) is 0 Å². The minimum Gasteiger partial charge on any atom is -0.326 e. The lowest BCUT2D eigenvalue weighted by Crippen LogP contribution is -2.05. The quantitative estimate of drug-likeness (QED) is 0.876. The first-order chi connectivity index (χ1) is 7.72. The van der Waals surface area contributed by atoms with Gasteiger partial charge in [0.15, 0.2) is 5.82 Å². The highest BCUT2D eigenvalue weighted by atomic mass is 127. The van der Waals surface area contributed by atoms with Gasteiger partial charge in [0.1, 0.15) is 0 Å². The first kappa shape index (κ1) is 11.5. The summed E-state index contributed by atoms with van der Waals surface area (Å²) in [4.78, 5) is 4.53. The van der Waals surface area contributed by atoms with Gasteiger partial charge >= 0.3 is 0 Å². The highest BCUT2D eigenvalue weighted by molar-refractivity contribution is 14.1. The van der Waals surface area contributed by atoms with Crippen molar-refractivity contribution in [3.8, 4) is 5.82 Å². The summed E-state index contributed by atoms with van der Waals surface area (Å²) in [5.74, 6) is 0.836. The van der Waals surface area contributed by atoms with Gasteiger partial charge < -0.3 is 5.73 Å². The Labute approximate surface area is 108 Å². The SMILES string of the molecule is CCc1cc(CN)cc(-n2cc(I)cn2)n1. The average molecular weight is 328 g/mol. The minimum atomic E-state index is 0.529. The fourth-order valence-corrected chi connectivity index (χ4v) is 1.86. The van der Waals surface area contributed by atoms with Crippen molar-refractivity contribution in [2.75, 3.05) is 0 Å². The summed E-state index contributed by atoms with van der Waals surface area (Å²) in [5, 5.41) is 4.24. The van der Waals surface area contributed by atoms with E-state index in [4.69, 9.17) is 5.73 Å². The van der Waals surface area contributed by atoms with Gasteiger partial charge in [0, 0.05) is 18.4 Å². The van der Waals surface area contributed by atoms with Crippen LogP contribution >= 0.6 is 22.6 Å². The number of hydrogen-bond donors (Lipinski definition) is 1. The van der Waals surface area contributed by atoms with Crippen LogP contribution in [0.2, 0.25) is 0 Å². The molecule has 0 amide bonds. The van der Waals surface area contributed by atoms with Gasteiger partial charge in [-0.3, -0.25) is 0 Å². The van der Waals surface area contributed by atoms with Crippen molar-refractivity contribution in [2.45, 2.75) is 19.9 Å². The molecule has 0 atom stereocenters. The molecule has 0 spiro atoms. The number of pyridine rings is 1. The maximum atomic E-state index is 5.67. The van der Waals surface area contributed by atoms with Crippen LogP contribution in [0.1, 0.15) is 18.2 Å². The normalized spacial score (nSPS) is 10.7. The van der Waals surface area contributed by atoms with E-state index < -0.39 is 0 Å². The molecule has 0 saturated heterocycles. The number of aryl methyl sites for hydroxylation is 1. The van der Waals surface area contributed by atoms with Crippen molar-refractivity contribution in [3.63, 3.8) is 0 Å². The van der Waals surface area contributed by atoms with Gasteiger partial charge in [-0.25, -0.2) is 9.67 Å². The highest BCUT2D eigenvalue weighted by Gasteiger charge is 2.04. The number of nitrogens with two attached hydrogens (primary N) is 1. The van der Waals surface area contributed by atoms with Crippen molar-refractivity contribution in [2.24, 2.45) is 5.73 Å². The summed E-state index contributed by atoms with van der Waals surface area (Å²) >= 11 is 2.23. The van der Waals surface area contributed by atoms with Gasteiger partial charge in [-0.15, -0.1) is 0 Å². The maximum Gasteiger partial charge on any atom is 0.153 e. The summed E-state index contributed by atoms with van der Waals surface area (Å²) in [5.41, 5.74) is 7.80. The molecule has 0 saturated carbocycles. The summed E-state index contributed by atoms with van der Waals surface area (Å²) in [6.07, 6.45) is 4.66. The zero-order valence-corrected chi connectivity index (χ0v) is 11.2. The number of aromatic nitrogens is 3. The summed E-state index contributed by atoms with van der Waals surface area (Å²) in [6, 6.07) is 4.01. The second kappa shape index (κ2) is 4.92. The molecule has 0 aliphatic rings. The lowest BCUT2D eigenvalue weighted by atomic mass is 10.2. The summed E-state index contributed by atoms with van der Waals surface area (Å²) in [6.45, 7) is 2.61. The standard InChI is InChI=1S/C11H13IN4/c1-2-10-3-8(5-13)4-11(15-10)16-7-9(12)6-14-16/h3-4,6-7H,2,5,13H2,1H3. The Balaban J connectivity index is 2.47. The largest absolute Gasteiger partial charge is 0.326 e. The van der Waals surface area contributed by atoms with Crippen LogP contribution in [0.4, 0.5) is 0 Å². The van der Waals surface area contributed by atoms with Gasteiger partial charge in [0.05, 0.1) is 9.77 Å². The molecule has 2 aromatic rings. The van der Waals surface area contributed by atoms with Crippen LogP contribution in [0.3, 0.4) is 0 Å². The first-order valence-electron chi connectivity index (χ1n) is 5.13. The number of halogens is 1. The third kappa shape index (κ3) is 2.41. The van der Waals surface area contributed by atoms with Crippen molar-refractivity contribution in [1.82, 2.24) is 14.8 Å². The van der Waals surface area contributed by atoms with Crippen LogP contribution in [0.25, 0.3) is 5.82 Å². The van der Waals surface area contributed by atoms with E-state index in [1.807, 2.05) is 24.5 Å². The van der Waals surface area contributed by atoms with E-state index in [0.29, 0.717) is 6.54 Å². The van der Waals surface area contributed by atoms with Gasteiger partial charge in [0.25, 0.3) is 0 Å². The summed E-state index contributed by atoms with van der Waals surface area (Å²) < 4.78 is 2.87. The number of nitrogens with zero attached hydrogens (tertiary/aromatic N) is 3. The van der Waals surface area contributed by atoms with Gasteiger partial charge in [0.2, 0.25) is 0 Å². The Morgan fingerprint density at radius 1 is 1.44 bits per heavy atom. The zero-order chi connectivity index (χ0) is 11.5. The molecule has 84 valence electrons. The molecule has 0 fully saturated rings. The van der Waals surface area contributed by atoms with Gasteiger partial charge in [-0.2, -0.15) is 5.10 Å². The molecule has 0 radical (unpaired) electrons. The lowest BCUT2D eigenvalue weighted by Gasteiger charge is -2.06. The fraction of sp³-hybridized carbons (Fsp3) is 0.273. The second-order valence-electron chi connectivity index (χ2n) is 3.49. The predicted molar refractivity (Wildman–Crippen MR) is 71.3 cm³/mol. The average Bonchev–Trinajstić information content (AvgIpc) is 2.75. The van der Waals surface area contributed by atoms with Crippen LogP contribution in [0.5, 0.6) is 0 Å².